The second kappa shape index (κ2) is 9.41. The Morgan fingerprint density at radius 3 is 2.20 bits per heavy atom. The van der Waals surface area contributed by atoms with Crippen molar-refractivity contribution in [1.82, 2.24) is 10.1 Å². The van der Waals surface area contributed by atoms with Crippen molar-refractivity contribution in [1.29, 1.82) is 0 Å². The second-order valence-corrected chi connectivity index (χ2v) is 17.1. The third kappa shape index (κ3) is 5.15. The van der Waals surface area contributed by atoms with Crippen molar-refractivity contribution >= 4 is 24.0 Å². The summed E-state index contributed by atoms with van der Waals surface area (Å²) in [7, 11) is -2.64. The standard InChI is InChI=1S/C29H39F3N3O4P/c1-25(2,3)23-33-24(39-34-23)27-12-9-26(10-13-27,11-14-27)18-35(20-7-6-8-21(15-20)40(4,5)38)22(36)19-16-28(37,17-19)29(30,31)32/h6-8,15,19,37H,9-14,16-18H2,1-5H3. The van der Waals surface area contributed by atoms with E-state index in [1.807, 2.05) is 20.8 Å². The van der Waals surface area contributed by atoms with Gasteiger partial charge in [0.1, 0.15) is 7.14 Å². The molecule has 1 heterocycles. The lowest BCUT2D eigenvalue weighted by Crippen LogP contribution is -2.60. The quantitative estimate of drug-likeness (QED) is 0.424. The molecule has 11 heteroatoms. The van der Waals surface area contributed by atoms with Gasteiger partial charge in [-0.2, -0.15) is 18.2 Å². The first-order valence-electron chi connectivity index (χ1n) is 14.0. The van der Waals surface area contributed by atoms with Gasteiger partial charge in [0.25, 0.3) is 0 Å². The van der Waals surface area contributed by atoms with Crippen molar-refractivity contribution in [2.45, 2.75) is 94.7 Å². The topological polar surface area (TPSA) is 96.5 Å². The molecular weight excluding hydrogens is 542 g/mol. The van der Waals surface area contributed by atoms with Crippen molar-refractivity contribution < 1.29 is 32.2 Å². The summed E-state index contributed by atoms with van der Waals surface area (Å²) in [6.07, 6.45) is -1.11. The Kier molecular flexibility index (Phi) is 6.90. The number of alkyl halides is 3. The molecule has 220 valence electrons. The number of halogens is 3. The summed E-state index contributed by atoms with van der Waals surface area (Å²) >= 11 is 0. The molecule has 0 atom stereocenters. The zero-order valence-electron chi connectivity index (χ0n) is 23.8. The summed E-state index contributed by atoms with van der Waals surface area (Å²) in [5.41, 5.74) is -2.90. The van der Waals surface area contributed by atoms with Crippen LogP contribution in [0.3, 0.4) is 0 Å². The van der Waals surface area contributed by atoms with E-state index in [1.54, 1.807) is 42.5 Å². The first-order chi connectivity index (χ1) is 18.4. The molecule has 7 nitrogen and oxygen atoms in total. The Balaban J connectivity index is 1.39. The lowest BCUT2D eigenvalue weighted by molar-refractivity contribution is -0.295. The third-order valence-electron chi connectivity index (χ3n) is 9.52. The van der Waals surface area contributed by atoms with Crippen molar-refractivity contribution in [3.63, 3.8) is 0 Å². The van der Waals surface area contributed by atoms with Crippen LogP contribution in [-0.4, -0.2) is 52.8 Å². The summed E-state index contributed by atoms with van der Waals surface area (Å²) in [6, 6.07) is 6.98. The van der Waals surface area contributed by atoms with Crippen molar-refractivity contribution in [2.75, 3.05) is 24.8 Å². The average Bonchev–Trinajstić information content (AvgIpc) is 3.37. The molecule has 4 saturated carbocycles. The number of rotatable bonds is 6. The predicted octanol–water partition coefficient (Wildman–Crippen LogP) is 5.94. The van der Waals surface area contributed by atoms with Crippen LogP contribution in [0.5, 0.6) is 0 Å². The van der Waals surface area contributed by atoms with E-state index in [0.717, 1.165) is 38.5 Å². The molecular formula is C29H39F3N3O4P. The fourth-order valence-corrected chi connectivity index (χ4v) is 7.46. The zero-order valence-corrected chi connectivity index (χ0v) is 24.7. The van der Waals surface area contributed by atoms with Crippen LogP contribution in [0, 0.1) is 11.3 Å². The molecule has 0 unspecified atom stereocenters. The molecule has 2 aromatic rings. The molecule has 0 radical (unpaired) electrons. The molecule has 4 aliphatic rings. The Morgan fingerprint density at radius 1 is 1.10 bits per heavy atom. The summed E-state index contributed by atoms with van der Waals surface area (Å²) in [4.78, 5) is 20.1. The first kappa shape index (κ1) is 29.3. The molecule has 2 bridgehead atoms. The van der Waals surface area contributed by atoms with Crippen LogP contribution >= 0.6 is 7.14 Å². The minimum absolute atomic E-state index is 0.193. The van der Waals surface area contributed by atoms with Gasteiger partial charge in [-0.15, -0.1) is 0 Å². The molecule has 40 heavy (non-hydrogen) atoms. The molecule has 4 aliphatic carbocycles. The highest BCUT2D eigenvalue weighted by Crippen LogP contribution is 2.58. The summed E-state index contributed by atoms with van der Waals surface area (Å²) < 4.78 is 58.6. The maximum atomic E-state index is 13.8. The SMILES string of the molecule is CC(C)(C)c1noc(C23CCC(CN(C(=O)C4CC(O)(C(F)(F)F)C4)c4cccc(P(C)(C)=O)c4)(CC2)CC3)n1. The highest BCUT2D eigenvalue weighted by molar-refractivity contribution is 7.70. The summed E-state index contributed by atoms with van der Waals surface area (Å²) in [6.45, 7) is 9.79. The number of amides is 1. The van der Waals surface area contributed by atoms with Gasteiger partial charge in [-0.05, 0) is 82.2 Å². The van der Waals surface area contributed by atoms with E-state index in [9.17, 15) is 27.6 Å². The van der Waals surface area contributed by atoms with Crippen molar-refractivity contribution in [2.24, 2.45) is 11.3 Å². The average molecular weight is 582 g/mol. The molecule has 1 aromatic heterocycles. The lowest BCUT2D eigenvalue weighted by Gasteiger charge is -2.53. The minimum atomic E-state index is -4.78. The number of nitrogens with zero attached hydrogens (tertiary/aromatic N) is 3. The molecule has 0 saturated heterocycles. The predicted molar refractivity (Wildman–Crippen MR) is 146 cm³/mol. The smallest absolute Gasteiger partial charge is 0.380 e. The number of benzene rings is 1. The lowest BCUT2D eigenvalue weighted by atomic mass is 9.53. The van der Waals surface area contributed by atoms with Gasteiger partial charge >= 0.3 is 6.18 Å². The van der Waals surface area contributed by atoms with Gasteiger partial charge in [-0.1, -0.05) is 38.1 Å². The van der Waals surface area contributed by atoms with Crippen molar-refractivity contribution in [3.8, 4) is 0 Å². The molecule has 1 aromatic carbocycles. The van der Waals surface area contributed by atoms with Gasteiger partial charge in [0.05, 0.1) is 0 Å². The third-order valence-corrected chi connectivity index (χ3v) is 11.0. The number of carbonyl (C=O) groups excluding carboxylic acids is 1. The molecule has 1 amide bonds. The van der Waals surface area contributed by atoms with Crippen molar-refractivity contribution in [3.05, 3.63) is 36.0 Å². The molecule has 1 N–H and O–H groups in total. The van der Waals surface area contributed by atoms with Crippen LogP contribution in [0.25, 0.3) is 0 Å². The van der Waals surface area contributed by atoms with Crippen LogP contribution in [0.1, 0.15) is 83.9 Å². The van der Waals surface area contributed by atoms with Gasteiger partial charge in [-0.3, -0.25) is 4.79 Å². The number of hydrogen-bond donors (Lipinski definition) is 1. The van der Waals surface area contributed by atoms with Gasteiger partial charge in [0.15, 0.2) is 11.4 Å². The van der Waals surface area contributed by atoms with E-state index < -0.39 is 43.6 Å². The highest BCUT2D eigenvalue weighted by Gasteiger charge is 2.63. The van der Waals surface area contributed by atoms with Crippen LogP contribution in [0.2, 0.25) is 0 Å². The van der Waals surface area contributed by atoms with E-state index in [1.165, 1.54) is 0 Å². The molecule has 6 rings (SSSR count). The maximum absolute atomic E-state index is 13.8. The Bertz CT molecular complexity index is 1310. The van der Waals surface area contributed by atoms with E-state index >= 15 is 0 Å². The van der Waals surface area contributed by atoms with Gasteiger partial charge in [-0.25, -0.2) is 0 Å². The number of fused-ring (bicyclic) bond motifs is 3. The summed E-state index contributed by atoms with van der Waals surface area (Å²) in [5, 5.41) is 14.9. The Labute approximate surface area is 233 Å². The van der Waals surface area contributed by atoms with Gasteiger partial charge in [0.2, 0.25) is 11.8 Å². The van der Waals surface area contributed by atoms with Crippen LogP contribution < -0.4 is 10.2 Å². The largest absolute Gasteiger partial charge is 0.417 e. The Morgan fingerprint density at radius 2 is 1.70 bits per heavy atom. The Hall–Kier alpha value is -2.19. The fourth-order valence-electron chi connectivity index (χ4n) is 6.57. The number of anilines is 1. The van der Waals surface area contributed by atoms with E-state index in [0.29, 0.717) is 29.3 Å². The van der Waals surface area contributed by atoms with Crippen LogP contribution in [-0.2, 0) is 20.2 Å². The van der Waals surface area contributed by atoms with Crippen LogP contribution in [0.15, 0.2) is 28.8 Å². The molecule has 0 spiro atoms. The number of aliphatic hydroxyl groups is 1. The fraction of sp³-hybridized carbons (Fsp3) is 0.690. The van der Waals surface area contributed by atoms with E-state index in [-0.39, 0.29) is 16.2 Å². The monoisotopic (exact) mass is 581 g/mol. The van der Waals surface area contributed by atoms with Gasteiger partial charge < -0.3 is 19.1 Å². The second-order valence-electron chi connectivity index (χ2n) is 13.9. The molecule has 0 aliphatic heterocycles. The normalized spacial score (nSPS) is 30.7. The number of aromatic nitrogens is 2. The van der Waals surface area contributed by atoms with E-state index in [4.69, 9.17) is 9.51 Å². The van der Waals surface area contributed by atoms with Crippen LogP contribution in [0.4, 0.5) is 18.9 Å². The minimum Gasteiger partial charge on any atom is -0.380 e. The van der Waals surface area contributed by atoms with Gasteiger partial charge in [0, 0.05) is 34.3 Å². The number of hydrogen-bond acceptors (Lipinski definition) is 6. The first-order valence-corrected chi connectivity index (χ1v) is 16.6. The highest BCUT2D eigenvalue weighted by atomic mass is 31.2. The zero-order chi connectivity index (χ0) is 29.4. The van der Waals surface area contributed by atoms with E-state index in [2.05, 4.69) is 5.16 Å². The number of carbonyl (C=O) groups is 1. The molecule has 4 fully saturated rings. The summed E-state index contributed by atoms with van der Waals surface area (Å²) in [5.74, 6) is 0.00661. The maximum Gasteiger partial charge on any atom is 0.417 e.